The molecule has 16 heavy (non-hydrogen) atoms. The first-order chi connectivity index (χ1) is 7.65. The fourth-order valence-corrected chi connectivity index (χ4v) is 2.09. The first kappa shape index (κ1) is 11.4. The molecule has 2 rings (SSSR count). The molecule has 88 valence electrons. The third kappa shape index (κ3) is 2.73. The van der Waals surface area contributed by atoms with E-state index >= 15 is 0 Å². The van der Waals surface area contributed by atoms with Crippen molar-refractivity contribution in [1.29, 1.82) is 0 Å². The number of rotatable bonds is 2. The van der Waals surface area contributed by atoms with Gasteiger partial charge in [-0.15, -0.1) is 0 Å². The molecule has 3 heteroatoms. The van der Waals surface area contributed by atoms with Gasteiger partial charge in [0.1, 0.15) is 0 Å². The molecule has 1 fully saturated rings. The number of benzene rings is 1. The zero-order valence-corrected chi connectivity index (χ0v) is 9.58. The lowest BCUT2D eigenvalue weighted by atomic mass is 9.94. The summed E-state index contributed by atoms with van der Waals surface area (Å²) in [6.45, 7) is 1.87. The van der Waals surface area contributed by atoms with Crippen molar-refractivity contribution in [3.63, 3.8) is 0 Å². The van der Waals surface area contributed by atoms with Crippen LogP contribution in [0.3, 0.4) is 0 Å². The van der Waals surface area contributed by atoms with Gasteiger partial charge >= 0.3 is 0 Å². The molecule has 2 N–H and O–H groups in total. The van der Waals surface area contributed by atoms with Crippen LogP contribution in [0.2, 0.25) is 0 Å². The van der Waals surface area contributed by atoms with E-state index in [2.05, 4.69) is 0 Å². The Bertz CT molecular complexity index is 359. The second-order valence-corrected chi connectivity index (χ2v) is 4.59. The molecule has 0 aromatic heterocycles. The minimum atomic E-state index is -0.269. The lowest BCUT2D eigenvalue weighted by Gasteiger charge is -2.26. The molecular formula is C13H18FNO. The Balaban J connectivity index is 1.98. The van der Waals surface area contributed by atoms with Gasteiger partial charge in [-0.3, -0.25) is 0 Å². The normalized spacial score (nSPS) is 25.4. The van der Waals surface area contributed by atoms with Crippen molar-refractivity contribution in [3.05, 3.63) is 29.6 Å². The van der Waals surface area contributed by atoms with E-state index in [0.717, 1.165) is 31.2 Å². The minimum Gasteiger partial charge on any atom is -0.487 e. The monoisotopic (exact) mass is 223 g/mol. The van der Waals surface area contributed by atoms with Crippen LogP contribution in [0.4, 0.5) is 4.39 Å². The molecule has 0 unspecified atom stereocenters. The van der Waals surface area contributed by atoms with Crippen molar-refractivity contribution in [1.82, 2.24) is 0 Å². The predicted octanol–water partition coefficient (Wildman–Crippen LogP) is 2.78. The van der Waals surface area contributed by atoms with E-state index < -0.39 is 0 Å². The van der Waals surface area contributed by atoms with E-state index in [4.69, 9.17) is 10.5 Å². The maximum atomic E-state index is 13.5. The molecule has 1 aliphatic carbocycles. The zero-order valence-electron chi connectivity index (χ0n) is 9.58. The molecular weight excluding hydrogens is 205 g/mol. The number of halogens is 1. The topological polar surface area (TPSA) is 35.2 Å². The highest BCUT2D eigenvalue weighted by Crippen LogP contribution is 2.25. The van der Waals surface area contributed by atoms with Crippen molar-refractivity contribution < 1.29 is 9.13 Å². The highest BCUT2D eigenvalue weighted by atomic mass is 19.1. The number of aryl methyl sites for hydroxylation is 1. The molecule has 1 aliphatic rings. The lowest BCUT2D eigenvalue weighted by molar-refractivity contribution is 0.141. The summed E-state index contributed by atoms with van der Waals surface area (Å²) in [5, 5.41) is 0. The van der Waals surface area contributed by atoms with Crippen LogP contribution < -0.4 is 10.5 Å². The van der Waals surface area contributed by atoms with Crippen molar-refractivity contribution >= 4 is 0 Å². The summed E-state index contributed by atoms with van der Waals surface area (Å²) in [7, 11) is 0. The van der Waals surface area contributed by atoms with Crippen molar-refractivity contribution in [3.8, 4) is 5.75 Å². The number of hydrogen-bond donors (Lipinski definition) is 1. The number of hydrogen-bond acceptors (Lipinski definition) is 2. The molecule has 0 heterocycles. The summed E-state index contributed by atoms with van der Waals surface area (Å²) < 4.78 is 19.2. The number of nitrogens with two attached hydrogens (primary N) is 1. The van der Waals surface area contributed by atoms with Gasteiger partial charge in [0.15, 0.2) is 11.6 Å². The smallest absolute Gasteiger partial charge is 0.165 e. The fourth-order valence-electron chi connectivity index (χ4n) is 2.09. The average molecular weight is 223 g/mol. The van der Waals surface area contributed by atoms with Gasteiger partial charge in [0.25, 0.3) is 0 Å². The Hall–Kier alpha value is -1.09. The van der Waals surface area contributed by atoms with Crippen LogP contribution in [0.15, 0.2) is 18.2 Å². The molecule has 0 atom stereocenters. The van der Waals surface area contributed by atoms with Gasteiger partial charge in [0.2, 0.25) is 0 Å². The van der Waals surface area contributed by atoms with E-state index in [1.165, 1.54) is 6.07 Å². The maximum absolute atomic E-state index is 13.5. The van der Waals surface area contributed by atoms with Gasteiger partial charge in [-0.2, -0.15) is 0 Å². The molecule has 0 saturated heterocycles. The van der Waals surface area contributed by atoms with Gasteiger partial charge in [-0.25, -0.2) is 4.39 Å². The van der Waals surface area contributed by atoms with Crippen LogP contribution in [0, 0.1) is 12.7 Å². The Morgan fingerprint density at radius 1 is 1.25 bits per heavy atom. The predicted molar refractivity (Wildman–Crippen MR) is 62.0 cm³/mol. The van der Waals surface area contributed by atoms with Crippen molar-refractivity contribution in [2.24, 2.45) is 5.73 Å². The molecule has 0 aliphatic heterocycles. The molecule has 0 amide bonds. The van der Waals surface area contributed by atoms with Crippen LogP contribution in [0.25, 0.3) is 0 Å². The van der Waals surface area contributed by atoms with E-state index in [-0.39, 0.29) is 11.9 Å². The lowest BCUT2D eigenvalue weighted by Crippen LogP contribution is -2.31. The summed E-state index contributed by atoms with van der Waals surface area (Å²) in [6.07, 6.45) is 3.91. The Morgan fingerprint density at radius 2 is 1.94 bits per heavy atom. The number of ether oxygens (including phenoxy) is 1. The third-order valence-electron chi connectivity index (χ3n) is 3.10. The Labute approximate surface area is 95.6 Å². The highest BCUT2D eigenvalue weighted by Gasteiger charge is 2.20. The molecule has 2 nitrogen and oxygen atoms in total. The van der Waals surface area contributed by atoms with Crippen LogP contribution in [0.1, 0.15) is 31.2 Å². The minimum absolute atomic E-state index is 0.122. The molecule has 0 bridgehead atoms. The van der Waals surface area contributed by atoms with Crippen LogP contribution >= 0.6 is 0 Å². The van der Waals surface area contributed by atoms with E-state index in [1.807, 2.05) is 13.0 Å². The maximum Gasteiger partial charge on any atom is 0.165 e. The van der Waals surface area contributed by atoms with E-state index in [9.17, 15) is 4.39 Å². The van der Waals surface area contributed by atoms with Crippen LogP contribution in [0.5, 0.6) is 5.75 Å². The van der Waals surface area contributed by atoms with Crippen molar-refractivity contribution in [2.45, 2.75) is 44.8 Å². The van der Waals surface area contributed by atoms with Crippen LogP contribution in [-0.4, -0.2) is 12.1 Å². The van der Waals surface area contributed by atoms with Gasteiger partial charge in [-0.1, -0.05) is 6.07 Å². The first-order valence-corrected chi connectivity index (χ1v) is 5.83. The summed E-state index contributed by atoms with van der Waals surface area (Å²) in [4.78, 5) is 0. The Morgan fingerprint density at radius 3 is 2.56 bits per heavy atom. The molecule has 1 aromatic carbocycles. The van der Waals surface area contributed by atoms with Crippen LogP contribution in [-0.2, 0) is 0 Å². The van der Waals surface area contributed by atoms with Gasteiger partial charge < -0.3 is 10.5 Å². The summed E-state index contributed by atoms with van der Waals surface area (Å²) in [5.41, 5.74) is 6.72. The average Bonchev–Trinajstić information content (AvgIpc) is 2.25. The third-order valence-corrected chi connectivity index (χ3v) is 3.10. The van der Waals surface area contributed by atoms with Gasteiger partial charge in [0.05, 0.1) is 6.10 Å². The SMILES string of the molecule is Cc1ccc(O[C@H]2CC[C@H](N)CC2)c(F)c1. The first-order valence-electron chi connectivity index (χ1n) is 5.83. The van der Waals surface area contributed by atoms with E-state index in [1.54, 1.807) is 6.07 Å². The van der Waals surface area contributed by atoms with Crippen molar-refractivity contribution in [2.75, 3.05) is 0 Å². The van der Waals surface area contributed by atoms with Gasteiger partial charge in [0, 0.05) is 6.04 Å². The molecule has 1 aromatic rings. The molecule has 0 spiro atoms. The summed E-state index contributed by atoms with van der Waals surface area (Å²) in [6, 6.07) is 5.37. The second kappa shape index (κ2) is 4.83. The summed E-state index contributed by atoms with van der Waals surface area (Å²) in [5.74, 6) is 0.0981. The Kier molecular flexibility index (Phi) is 3.44. The fraction of sp³-hybridized carbons (Fsp3) is 0.538. The van der Waals surface area contributed by atoms with Gasteiger partial charge in [-0.05, 0) is 50.3 Å². The molecule has 1 saturated carbocycles. The largest absolute Gasteiger partial charge is 0.487 e. The molecule has 0 radical (unpaired) electrons. The standard InChI is InChI=1S/C13H18FNO/c1-9-2-7-13(12(14)8-9)16-11-5-3-10(15)4-6-11/h2,7-8,10-11H,3-6,15H2,1H3/t10-,11-. The zero-order chi connectivity index (χ0) is 11.5. The highest BCUT2D eigenvalue weighted by molar-refractivity contribution is 5.28. The second-order valence-electron chi connectivity index (χ2n) is 4.59. The van der Waals surface area contributed by atoms with E-state index in [0.29, 0.717) is 11.8 Å². The summed E-state index contributed by atoms with van der Waals surface area (Å²) >= 11 is 0. The quantitative estimate of drug-likeness (QED) is 0.836.